The molecule has 38 heavy (non-hydrogen) atoms. The normalized spacial score (nSPS) is 22.7. The number of allylic oxidation sites excluding steroid dienone is 1. The second-order valence-corrected chi connectivity index (χ2v) is 9.95. The van der Waals surface area contributed by atoms with Crippen LogP contribution in [-0.2, 0) is 28.5 Å². The average Bonchev–Trinajstić information content (AvgIpc) is 3.49. The van der Waals surface area contributed by atoms with Crippen LogP contribution in [0.25, 0.3) is 0 Å². The lowest BCUT2D eigenvalue weighted by molar-refractivity contribution is -0.172. The maximum Gasteiger partial charge on any atom is 0.330 e. The number of nitrogens with zero attached hydrogens (tertiary/aromatic N) is 1. The molecule has 0 spiro atoms. The Bertz CT molecular complexity index is 1160. The highest BCUT2D eigenvalue weighted by Crippen LogP contribution is 2.59. The molecule has 0 radical (unpaired) electrons. The minimum Gasteiger partial charge on any atom is -0.460 e. The van der Waals surface area contributed by atoms with Crippen LogP contribution in [0.5, 0.6) is 11.5 Å². The van der Waals surface area contributed by atoms with Gasteiger partial charge in [-0.1, -0.05) is 50.3 Å². The highest BCUT2D eigenvalue weighted by Gasteiger charge is 2.61. The lowest BCUT2D eigenvalue weighted by Gasteiger charge is -2.22. The molecule has 0 amide bonds. The predicted molar refractivity (Wildman–Crippen MR) is 138 cm³/mol. The van der Waals surface area contributed by atoms with Crippen LogP contribution in [0.2, 0.25) is 0 Å². The molecule has 2 aromatic carbocycles. The van der Waals surface area contributed by atoms with E-state index in [1.165, 1.54) is 6.08 Å². The van der Waals surface area contributed by atoms with Crippen molar-refractivity contribution in [1.82, 2.24) is 0 Å². The zero-order chi connectivity index (χ0) is 27.0. The largest absolute Gasteiger partial charge is 0.460 e. The van der Waals surface area contributed by atoms with Gasteiger partial charge in [0.15, 0.2) is 6.29 Å². The molecular formula is C30H33NO7. The van der Waals surface area contributed by atoms with Crippen LogP contribution in [0.4, 0.5) is 0 Å². The first kappa shape index (κ1) is 27.4. The van der Waals surface area contributed by atoms with Gasteiger partial charge in [0.1, 0.15) is 24.2 Å². The van der Waals surface area contributed by atoms with Crippen molar-refractivity contribution in [1.29, 1.82) is 5.26 Å². The van der Waals surface area contributed by atoms with Gasteiger partial charge in [0.05, 0.1) is 12.5 Å². The third-order valence-electron chi connectivity index (χ3n) is 6.86. The molecule has 0 aromatic heterocycles. The Morgan fingerprint density at radius 1 is 1.11 bits per heavy atom. The third-order valence-corrected chi connectivity index (χ3v) is 6.86. The van der Waals surface area contributed by atoms with Gasteiger partial charge in [-0.3, -0.25) is 4.79 Å². The van der Waals surface area contributed by atoms with Crippen molar-refractivity contribution in [2.45, 2.75) is 45.5 Å². The Morgan fingerprint density at radius 3 is 2.63 bits per heavy atom. The van der Waals surface area contributed by atoms with E-state index in [-0.39, 0.29) is 25.4 Å². The van der Waals surface area contributed by atoms with Crippen LogP contribution in [0.1, 0.15) is 44.8 Å². The van der Waals surface area contributed by atoms with Gasteiger partial charge in [-0.2, -0.15) is 5.26 Å². The summed E-state index contributed by atoms with van der Waals surface area (Å²) in [5, 5.41) is 9.71. The van der Waals surface area contributed by atoms with E-state index in [2.05, 4.69) is 6.07 Å². The summed E-state index contributed by atoms with van der Waals surface area (Å²) in [5.41, 5.74) is 0.109. The zero-order valence-corrected chi connectivity index (χ0v) is 21.7. The quantitative estimate of drug-likeness (QED) is 0.218. The van der Waals surface area contributed by atoms with E-state index in [9.17, 15) is 14.9 Å². The van der Waals surface area contributed by atoms with Crippen molar-refractivity contribution in [3.05, 3.63) is 72.3 Å². The van der Waals surface area contributed by atoms with Gasteiger partial charge in [0.2, 0.25) is 6.10 Å². The average molecular weight is 520 g/mol. The maximum atomic E-state index is 13.0. The number of para-hydroxylation sites is 1. The number of ether oxygens (including phenoxy) is 5. The molecule has 8 heteroatoms. The van der Waals surface area contributed by atoms with E-state index in [0.717, 1.165) is 19.3 Å². The van der Waals surface area contributed by atoms with Crippen molar-refractivity contribution in [2.24, 2.45) is 17.3 Å². The first-order chi connectivity index (χ1) is 18.4. The highest BCUT2D eigenvalue weighted by atomic mass is 16.7. The third kappa shape index (κ3) is 7.21. The van der Waals surface area contributed by atoms with E-state index < -0.39 is 29.4 Å². The van der Waals surface area contributed by atoms with Crippen LogP contribution in [0.3, 0.4) is 0 Å². The van der Waals surface area contributed by atoms with Crippen molar-refractivity contribution in [3.8, 4) is 17.6 Å². The molecule has 0 N–H and O–H groups in total. The highest BCUT2D eigenvalue weighted by molar-refractivity contribution is 5.83. The molecule has 2 unspecified atom stereocenters. The van der Waals surface area contributed by atoms with Gasteiger partial charge < -0.3 is 23.7 Å². The van der Waals surface area contributed by atoms with E-state index in [4.69, 9.17) is 23.7 Å². The lowest BCUT2D eigenvalue weighted by Crippen LogP contribution is -2.24. The number of carbonyl (C=O) groups is 2. The Hall–Kier alpha value is -3.67. The molecule has 1 aliphatic heterocycles. The molecule has 0 bridgehead atoms. The van der Waals surface area contributed by atoms with Crippen LogP contribution in [0, 0.1) is 28.6 Å². The number of rotatable bonds is 11. The summed E-state index contributed by atoms with van der Waals surface area (Å²) in [6.07, 6.45) is 4.66. The summed E-state index contributed by atoms with van der Waals surface area (Å²) in [6.45, 7) is 4.93. The molecule has 200 valence electrons. The molecule has 2 aliphatic rings. The summed E-state index contributed by atoms with van der Waals surface area (Å²) < 4.78 is 27.6. The summed E-state index contributed by atoms with van der Waals surface area (Å²) in [6, 6.07) is 18.2. The number of benzene rings is 2. The molecule has 4 atom stereocenters. The molecule has 2 fully saturated rings. The minimum atomic E-state index is -1.08. The Balaban J connectivity index is 1.27. The fraction of sp³-hybridized carbons (Fsp3) is 0.433. The van der Waals surface area contributed by atoms with Crippen molar-refractivity contribution in [3.63, 3.8) is 0 Å². The maximum absolute atomic E-state index is 13.0. The molecule has 4 rings (SSSR count). The summed E-state index contributed by atoms with van der Waals surface area (Å²) in [4.78, 5) is 25.1. The van der Waals surface area contributed by atoms with Gasteiger partial charge in [-0.25, -0.2) is 4.79 Å². The fourth-order valence-corrected chi connectivity index (χ4v) is 4.61. The Morgan fingerprint density at radius 2 is 1.89 bits per heavy atom. The minimum absolute atomic E-state index is 0.124. The van der Waals surface area contributed by atoms with Crippen molar-refractivity contribution >= 4 is 11.9 Å². The molecule has 8 nitrogen and oxygen atoms in total. The smallest absolute Gasteiger partial charge is 0.330 e. The van der Waals surface area contributed by atoms with Crippen molar-refractivity contribution < 1.29 is 33.3 Å². The molecule has 2 aromatic rings. The van der Waals surface area contributed by atoms with E-state index in [1.54, 1.807) is 30.3 Å². The van der Waals surface area contributed by atoms with Crippen LogP contribution < -0.4 is 4.74 Å². The van der Waals surface area contributed by atoms with Crippen molar-refractivity contribution in [2.75, 3.05) is 19.8 Å². The first-order valence-corrected chi connectivity index (χ1v) is 12.9. The fourth-order valence-electron chi connectivity index (χ4n) is 4.61. The van der Waals surface area contributed by atoms with Gasteiger partial charge >= 0.3 is 11.9 Å². The number of carbonyl (C=O) groups excluding carboxylic acids is 2. The second kappa shape index (κ2) is 12.7. The second-order valence-electron chi connectivity index (χ2n) is 9.95. The molecule has 1 saturated carbocycles. The molecule has 1 heterocycles. The Labute approximate surface area is 223 Å². The summed E-state index contributed by atoms with van der Waals surface area (Å²) in [5.74, 6) is -0.473. The lowest BCUT2D eigenvalue weighted by atomic mass is 10.1. The summed E-state index contributed by atoms with van der Waals surface area (Å²) in [7, 11) is 0. The van der Waals surface area contributed by atoms with Gasteiger partial charge in [-0.05, 0) is 54.9 Å². The predicted octanol–water partition coefficient (Wildman–Crippen LogP) is 5.50. The summed E-state index contributed by atoms with van der Waals surface area (Å²) >= 11 is 0. The molecular weight excluding hydrogens is 486 g/mol. The van der Waals surface area contributed by atoms with Crippen LogP contribution in [0.15, 0.2) is 66.7 Å². The van der Waals surface area contributed by atoms with Gasteiger partial charge in [0, 0.05) is 18.2 Å². The monoisotopic (exact) mass is 519 g/mol. The molecule has 1 saturated heterocycles. The number of hydrogen-bond donors (Lipinski definition) is 0. The van der Waals surface area contributed by atoms with Gasteiger partial charge in [0.25, 0.3) is 0 Å². The number of hydrogen-bond acceptors (Lipinski definition) is 8. The van der Waals surface area contributed by atoms with Crippen LogP contribution >= 0.6 is 0 Å². The van der Waals surface area contributed by atoms with E-state index >= 15 is 0 Å². The number of esters is 2. The topological polar surface area (TPSA) is 104 Å². The zero-order valence-electron chi connectivity index (χ0n) is 21.7. The van der Waals surface area contributed by atoms with E-state index in [0.29, 0.717) is 23.7 Å². The number of nitriles is 1. The molecule has 1 aliphatic carbocycles. The Kier molecular flexibility index (Phi) is 9.16. The van der Waals surface area contributed by atoms with Gasteiger partial charge in [-0.15, -0.1) is 0 Å². The SMILES string of the molecule is CC1(C)[C@H](C(=O)OC(C#N)c2cccc(Oc3ccccc3)c2)[C@@H]1/C=C\C(=O)OCCOC1CCCCO1. The van der Waals surface area contributed by atoms with Crippen LogP contribution in [-0.4, -0.2) is 38.0 Å². The standard InChI is InChI=1S/C30H33NO7/c1-30(2)24(14-15-26(32)34-17-18-36-27-13-6-7-16-35-27)28(30)29(33)38-25(20-31)21-9-8-12-23(19-21)37-22-10-4-3-5-11-22/h3-5,8-12,14-15,19,24-25,27-28H,6-7,13,16-18H2,1-2H3/b15-14-/t24-,25?,27?,28-/m0/s1. The first-order valence-electron chi connectivity index (χ1n) is 12.9. The van der Waals surface area contributed by atoms with E-state index in [1.807, 2.05) is 44.2 Å².